The van der Waals surface area contributed by atoms with Crippen LogP contribution in [0.15, 0.2) is 17.0 Å². The molecule has 1 amide bonds. The molecule has 0 radical (unpaired) electrons. The van der Waals surface area contributed by atoms with Crippen molar-refractivity contribution in [3.8, 4) is 0 Å². The number of hydrogen-bond acceptors (Lipinski definition) is 3. The second kappa shape index (κ2) is 4.66. The highest BCUT2D eigenvalue weighted by Gasteiger charge is 2.19. The van der Waals surface area contributed by atoms with Crippen molar-refractivity contribution < 1.29 is 13.2 Å². The van der Waals surface area contributed by atoms with Crippen LogP contribution in [0, 0.1) is 13.8 Å². The van der Waals surface area contributed by atoms with Gasteiger partial charge in [-0.3, -0.25) is 4.79 Å². The highest BCUT2D eigenvalue weighted by atomic mass is 35.7. The van der Waals surface area contributed by atoms with Crippen LogP contribution < -0.4 is 0 Å². The van der Waals surface area contributed by atoms with Gasteiger partial charge >= 0.3 is 0 Å². The van der Waals surface area contributed by atoms with Crippen molar-refractivity contribution in [2.45, 2.75) is 18.7 Å². The van der Waals surface area contributed by atoms with E-state index in [4.69, 9.17) is 10.7 Å². The minimum atomic E-state index is -3.84. The van der Waals surface area contributed by atoms with Crippen molar-refractivity contribution in [1.82, 2.24) is 4.90 Å². The number of benzene rings is 1. The molecule has 0 atom stereocenters. The van der Waals surface area contributed by atoms with Crippen molar-refractivity contribution >= 4 is 25.6 Å². The molecule has 1 aromatic rings. The average molecular weight is 276 g/mol. The van der Waals surface area contributed by atoms with E-state index in [1.54, 1.807) is 34.0 Å². The van der Waals surface area contributed by atoms with E-state index < -0.39 is 9.05 Å². The third-order valence-electron chi connectivity index (χ3n) is 2.54. The fourth-order valence-corrected chi connectivity index (χ4v) is 2.74. The molecule has 94 valence electrons. The Bertz CT molecular complexity index is 564. The molecule has 1 rings (SSSR count). The van der Waals surface area contributed by atoms with Crippen LogP contribution in [0.5, 0.6) is 0 Å². The van der Waals surface area contributed by atoms with Crippen LogP contribution in [-0.2, 0) is 9.05 Å². The number of nitrogens with zero attached hydrogens (tertiary/aromatic N) is 1. The predicted octanol–water partition coefficient (Wildman–Crippen LogP) is 1.93. The van der Waals surface area contributed by atoms with E-state index in [-0.39, 0.29) is 10.8 Å². The number of rotatable bonds is 2. The van der Waals surface area contributed by atoms with E-state index in [9.17, 15) is 13.2 Å². The highest BCUT2D eigenvalue weighted by Crippen LogP contribution is 2.24. The first-order valence-electron chi connectivity index (χ1n) is 4.92. The van der Waals surface area contributed by atoms with Crippen molar-refractivity contribution in [3.63, 3.8) is 0 Å². The summed E-state index contributed by atoms with van der Waals surface area (Å²) in [5.41, 5.74) is 1.60. The topological polar surface area (TPSA) is 54.5 Å². The Labute approximate surface area is 106 Å². The Morgan fingerprint density at radius 2 is 1.76 bits per heavy atom. The van der Waals surface area contributed by atoms with Gasteiger partial charge in [0, 0.05) is 30.3 Å². The lowest BCUT2D eigenvalue weighted by molar-refractivity contribution is 0.0827. The van der Waals surface area contributed by atoms with Gasteiger partial charge in [-0.25, -0.2) is 8.42 Å². The van der Waals surface area contributed by atoms with Crippen LogP contribution in [0.4, 0.5) is 0 Å². The van der Waals surface area contributed by atoms with Gasteiger partial charge in [0.15, 0.2) is 0 Å². The molecule has 4 nitrogen and oxygen atoms in total. The zero-order valence-electron chi connectivity index (χ0n) is 10.1. The van der Waals surface area contributed by atoms with Crippen LogP contribution in [-0.4, -0.2) is 33.3 Å². The van der Waals surface area contributed by atoms with E-state index >= 15 is 0 Å². The van der Waals surface area contributed by atoms with Gasteiger partial charge in [0.25, 0.3) is 15.0 Å². The second-order valence-electron chi connectivity index (χ2n) is 4.05. The zero-order valence-corrected chi connectivity index (χ0v) is 11.7. The SMILES string of the molecule is Cc1cc(C(=O)N(C)C)cc(S(=O)(=O)Cl)c1C. The van der Waals surface area contributed by atoms with Crippen LogP contribution in [0.25, 0.3) is 0 Å². The van der Waals surface area contributed by atoms with Gasteiger partial charge in [0.1, 0.15) is 0 Å². The monoisotopic (exact) mass is 275 g/mol. The van der Waals surface area contributed by atoms with E-state index in [1.807, 2.05) is 0 Å². The largest absolute Gasteiger partial charge is 0.345 e. The summed E-state index contributed by atoms with van der Waals surface area (Å²) < 4.78 is 22.8. The van der Waals surface area contributed by atoms with Crippen molar-refractivity contribution in [2.24, 2.45) is 0 Å². The first-order chi connectivity index (χ1) is 7.64. The van der Waals surface area contributed by atoms with Gasteiger partial charge in [-0.2, -0.15) is 0 Å². The molecule has 6 heteroatoms. The minimum absolute atomic E-state index is 0.00985. The molecular formula is C11H14ClNO3S. The molecule has 0 saturated heterocycles. The minimum Gasteiger partial charge on any atom is -0.345 e. The smallest absolute Gasteiger partial charge is 0.261 e. The average Bonchev–Trinajstić information content (AvgIpc) is 2.18. The molecule has 1 aromatic carbocycles. The summed E-state index contributed by atoms with van der Waals surface area (Å²) in [4.78, 5) is 13.1. The summed E-state index contributed by atoms with van der Waals surface area (Å²) in [5.74, 6) is -0.255. The normalized spacial score (nSPS) is 11.4. The van der Waals surface area contributed by atoms with Gasteiger partial charge in [0.05, 0.1) is 4.90 Å². The summed E-state index contributed by atoms with van der Waals surface area (Å²) in [6.45, 7) is 3.40. The fourth-order valence-electron chi connectivity index (χ4n) is 1.46. The number of hydrogen-bond donors (Lipinski definition) is 0. The number of carbonyl (C=O) groups is 1. The first kappa shape index (κ1) is 14.0. The quantitative estimate of drug-likeness (QED) is 0.775. The van der Waals surface area contributed by atoms with Crippen molar-refractivity contribution in [2.75, 3.05) is 14.1 Å². The maximum atomic E-state index is 11.8. The predicted molar refractivity (Wildman–Crippen MR) is 67.0 cm³/mol. The van der Waals surface area contributed by atoms with Crippen LogP contribution in [0.3, 0.4) is 0 Å². The Morgan fingerprint density at radius 1 is 1.24 bits per heavy atom. The summed E-state index contributed by atoms with van der Waals surface area (Å²) in [5, 5.41) is 0. The number of halogens is 1. The third-order valence-corrected chi connectivity index (χ3v) is 3.98. The first-order valence-corrected chi connectivity index (χ1v) is 7.23. The zero-order chi connectivity index (χ0) is 13.4. The molecule has 0 fully saturated rings. The van der Waals surface area contributed by atoms with Crippen molar-refractivity contribution in [1.29, 1.82) is 0 Å². The van der Waals surface area contributed by atoms with E-state index in [0.29, 0.717) is 11.1 Å². The Kier molecular flexibility index (Phi) is 3.84. The van der Waals surface area contributed by atoms with Crippen LogP contribution >= 0.6 is 10.7 Å². The van der Waals surface area contributed by atoms with Gasteiger partial charge < -0.3 is 4.90 Å². The summed E-state index contributed by atoms with van der Waals surface area (Å²) >= 11 is 0. The van der Waals surface area contributed by atoms with Crippen molar-refractivity contribution in [3.05, 3.63) is 28.8 Å². The summed E-state index contributed by atoms with van der Waals surface area (Å²) in [6, 6.07) is 2.97. The molecule has 0 saturated carbocycles. The number of carbonyl (C=O) groups excluding carboxylic acids is 1. The molecule has 17 heavy (non-hydrogen) atoms. The third kappa shape index (κ3) is 2.98. The molecule has 0 aliphatic heterocycles. The maximum Gasteiger partial charge on any atom is 0.261 e. The second-order valence-corrected chi connectivity index (χ2v) is 6.59. The molecule has 0 bridgehead atoms. The maximum absolute atomic E-state index is 11.8. The van der Waals surface area contributed by atoms with Crippen LogP contribution in [0.2, 0.25) is 0 Å². The Balaban J connectivity index is 3.50. The number of aryl methyl sites for hydroxylation is 1. The van der Waals surface area contributed by atoms with Gasteiger partial charge in [-0.05, 0) is 37.1 Å². The number of amides is 1. The van der Waals surface area contributed by atoms with Gasteiger partial charge in [0.2, 0.25) is 0 Å². The highest BCUT2D eigenvalue weighted by molar-refractivity contribution is 8.13. The van der Waals surface area contributed by atoms with E-state index in [1.165, 1.54) is 11.0 Å². The Hall–Kier alpha value is -1.07. The van der Waals surface area contributed by atoms with Gasteiger partial charge in [-0.1, -0.05) is 0 Å². The lowest BCUT2D eigenvalue weighted by atomic mass is 10.1. The molecule has 0 heterocycles. The lowest BCUT2D eigenvalue weighted by Gasteiger charge is -2.13. The molecule has 0 aliphatic carbocycles. The van der Waals surface area contributed by atoms with Gasteiger partial charge in [-0.15, -0.1) is 0 Å². The lowest BCUT2D eigenvalue weighted by Crippen LogP contribution is -2.22. The molecule has 0 unspecified atom stereocenters. The molecule has 0 aromatic heterocycles. The molecular weight excluding hydrogens is 262 g/mol. The fraction of sp³-hybridized carbons (Fsp3) is 0.364. The molecule has 0 aliphatic rings. The van der Waals surface area contributed by atoms with Crippen LogP contribution in [0.1, 0.15) is 21.5 Å². The Morgan fingerprint density at radius 3 is 2.18 bits per heavy atom. The summed E-state index contributed by atoms with van der Waals surface area (Å²) in [6.07, 6.45) is 0. The summed E-state index contributed by atoms with van der Waals surface area (Å²) in [7, 11) is 4.71. The standard InChI is InChI=1S/C11H14ClNO3S/c1-7-5-9(11(14)13(3)4)6-10(8(7)2)17(12,15)16/h5-6H,1-4H3. The van der Waals surface area contributed by atoms with E-state index in [2.05, 4.69) is 0 Å². The molecule has 0 spiro atoms. The molecule has 0 N–H and O–H groups in total. The van der Waals surface area contributed by atoms with E-state index in [0.717, 1.165) is 5.56 Å².